The fourth-order valence-corrected chi connectivity index (χ4v) is 2.96. The summed E-state index contributed by atoms with van der Waals surface area (Å²) in [4.78, 5) is 23.2. The van der Waals surface area contributed by atoms with Crippen molar-refractivity contribution in [2.75, 3.05) is 23.4 Å². The first kappa shape index (κ1) is 17.3. The average molecular weight is 344 g/mol. The molecular weight excluding hydrogens is 320 g/mol. The van der Waals surface area contributed by atoms with Gasteiger partial charge in [0.15, 0.2) is 0 Å². The van der Waals surface area contributed by atoms with E-state index in [2.05, 4.69) is 34.2 Å². The summed E-state index contributed by atoms with van der Waals surface area (Å²) in [6, 6.07) is 1.75. The van der Waals surface area contributed by atoms with Gasteiger partial charge in [-0.1, -0.05) is 20.8 Å². The van der Waals surface area contributed by atoms with Crippen LogP contribution in [0.2, 0.25) is 0 Å². The highest BCUT2D eigenvalue weighted by Gasteiger charge is 2.45. The fourth-order valence-electron chi connectivity index (χ4n) is 2.96. The number of aromatic nitrogens is 4. The molecule has 0 saturated carbocycles. The highest BCUT2D eigenvalue weighted by atomic mass is 16.3. The SMILES string of the molecule is CC(C)[C@]1(C)CCN(c2ccnc(Nc3cnn(CCO)c3)n2)C1=O. The highest BCUT2D eigenvalue weighted by Crippen LogP contribution is 2.40. The number of hydrogen-bond acceptors (Lipinski definition) is 6. The lowest BCUT2D eigenvalue weighted by molar-refractivity contribution is -0.126. The predicted molar refractivity (Wildman–Crippen MR) is 94.5 cm³/mol. The first-order valence-electron chi connectivity index (χ1n) is 8.49. The minimum Gasteiger partial charge on any atom is -0.394 e. The van der Waals surface area contributed by atoms with Crippen molar-refractivity contribution in [1.82, 2.24) is 19.7 Å². The molecule has 25 heavy (non-hydrogen) atoms. The maximum Gasteiger partial charge on any atom is 0.234 e. The van der Waals surface area contributed by atoms with E-state index in [1.165, 1.54) is 0 Å². The minimum absolute atomic E-state index is 0.0266. The first-order chi connectivity index (χ1) is 11.9. The average Bonchev–Trinajstić information content (AvgIpc) is 3.14. The first-order valence-corrected chi connectivity index (χ1v) is 8.49. The maximum absolute atomic E-state index is 12.8. The van der Waals surface area contributed by atoms with Gasteiger partial charge in [0.1, 0.15) is 5.82 Å². The zero-order chi connectivity index (χ0) is 18.0. The standard InChI is InChI=1S/C17H24N6O2/c1-12(2)17(3)5-7-23(15(17)25)14-4-6-18-16(21-14)20-13-10-19-22(11-13)8-9-24/h4,6,10-12,24H,5,7-9H2,1-3H3,(H,18,20,21)/t17-/m0/s1. The smallest absolute Gasteiger partial charge is 0.234 e. The topological polar surface area (TPSA) is 96.2 Å². The van der Waals surface area contributed by atoms with Crippen molar-refractivity contribution >= 4 is 23.4 Å². The number of carbonyl (C=O) groups excluding carboxylic acids is 1. The third-order valence-electron chi connectivity index (χ3n) is 5.00. The van der Waals surface area contributed by atoms with E-state index in [4.69, 9.17) is 5.11 Å². The fraction of sp³-hybridized carbons (Fsp3) is 0.529. The molecule has 3 rings (SSSR count). The Morgan fingerprint density at radius 2 is 2.24 bits per heavy atom. The number of anilines is 3. The summed E-state index contributed by atoms with van der Waals surface area (Å²) in [5.74, 6) is 1.41. The van der Waals surface area contributed by atoms with Crippen molar-refractivity contribution < 1.29 is 9.90 Å². The molecule has 0 aliphatic carbocycles. The summed E-state index contributed by atoms with van der Waals surface area (Å²) in [6.07, 6.45) is 5.87. The van der Waals surface area contributed by atoms with Crippen LogP contribution in [0.25, 0.3) is 0 Å². The van der Waals surface area contributed by atoms with Crippen LogP contribution < -0.4 is 10.2 Å². The lowest BCUT2D eigenvalue weighted by Crippen LogP contribution is -2.36. The summed E-state index contributed by atoms with van der Waals surface area (Å²) >= 11 is 0. The van der Waals surface area contributed by atoms with Gasteiger partial charge in [0.05, 0.1) is 30.5 Å². The molecule has 1 aliphatic rings. The van der Waals surface area contributed by atoms with Gasteiger partial charge in [-0.2, -0.15) is 10.1 Å². The molecule has 0 bridgehead atoms. The molecule has 2 aromatic heterocycles. The molecule has 0 aromatic carbocycles. The molecule has 2 aromatic rings. The molecule has 0 radical (unpaired) electrons. The molecule has 8 nitrogen and oxygen atoms in total. The number of aliphatic hydroxyl groups excluding tert-OH is 1. The Morgan fingerprint density at radius 3 is 2.92 bits per heavy atom. The zero-order valence-corrected chi connectivity index (χ0v) is 14.8. The van der Waals surface area contributed by atoms with E-state index < -0.39 is 0 Å². The highest BCUT2D eigenvalue weighted by molar-refractivity contribution is 5.99. The molecule has 1 aliphatic heterocycles. The van der Waals surface area contributed by atoms with E-state index in [0.29, 0.717) is 24.9 Å². The molecular formula is C17H24N6O2. The van der Waals surface area contributed by atoms with E-state index in [0.717, 1.165) is 12.1 Å². The lowest BCUT2D eigenvalue weighted by Gasteiger charge is -2.27. The van der Waals surface area contributed by atoms with E-state index in [9.17, 15) is 4.79 Å². The van der Waals surface area contributed by atoms with Gasteiger partial charge in [-0.15, -0.1) is 0 Å². The van der Waals surface area contributed by atoms with E-state index in [1.807, 2.05) is 6.92 Å². The van der Waals surface area contributed by atoms with Gasteiger partial charge >= 0.3 is 0 Å². The van der Waals surface area contributed by atoms with Crippen molar-refractivity contribution in [2.24, 2.45) is 11.3 Å². The molecule has 0 spiro atoms. The van der Waals surface area contributed by atoms with Crippen LogP contribution in [-0.4, -0.2) is 43.9 Å². The van der Waals surface area contributed by atoms with Gasteiger partial charge < -0.3 is 10.4 Å². The number of nitrogens with zero attached hydrogens (tertiary/aromatic N) is 5. The van der Waals surface area contributed by atoms with E-state index in [-0.39, 0.29) is 23.8 Å². The van der Waals surface area contributed by atoms with Crippen LogP contribution in [0.1, 0.15) is 27.2 Å². The Kier molecular flexibility index (Phi) is 4.71. The Hall–Kier alpha value is -2.48. The van der Waals surface area contributed by atoms with Crippen molar-refractivity contribution in [2.45, 2.75) is 33.7 Å². The third-order valence-corrected chi connectivity index (χ3v) is 5.00. The molecule has 1 fully saturated rings. The second-order valence-electron chi connectivity index (χ2n) is 6.86. The molecule has 8 heteroatoms. The number of rotatable bonds is 6. The molecule has 1 atom stereocenters. The Labute approximate surface area is 146 Å². The van der Waals surface area contributed by atoms with Crippen LogP contribution in [-0.2, 0) is 11.3 Å². The molecule has 134 valence electrons. The van der Waals surface area contributed by atoms with Crippen LogP contribution in [0.4, 0.5) is 17.5 Å². The number of carbonyl (C=O) groups is 1. The van der Waals surface area contributed by atoms with Crippen molar-refractivity contribution in [3.05, 3.63) is 24.7 Å². The van der Waals surface area contributed by atoms with Crippen molar-refractivity contribution in [1.29, 1.82) is 0 Å². The van der Waals surface area contributed by atoms with Crippen LogP contribution >= 0.6 is 0 Å². The normalized spacial score (nSPS) is 20.5. The molecule has 3 heterocycles. The zero-order valence-electron chi connectivity index (χ0n) is 14.8. The van der Waals surface area contributed by atoms with Gasteiger partial charge in [-0.05, 0) is 18.4 Å². The van der Waals surface area contributed by atoms with Crippen molar-refractivity contribution in [3.8, 4) is 0 Å². The quantitative estimate of drug-likeness (QED) is 0.830. The monoisotopic (exact) mass is 344 g/mol. The Balaban J connectivity index is 1.76. The van der Waals surface area contributed by atoms with Crippen molar-refractivity contribution in [3.63, 3.8) is 0 Å². The number of amides is 1. The van der Waals surface area contributed by atoms with Gasteiger partial charge in [-0.25, -0.2) is 4.98 Å². The number of nitrogens with one attached hydrogen (secondary N) is 1. The van der Waals surface area contributed by atoms with Gasteiger partial charge in [0, 0.05) is 18.9 Å². The second-order valence-corrected chi connectivity index (χ2v) is 6.86. The molecule has 2 N–H and O–H groups in total. The van der Waals surface area contributed by atoms with Crippen LogP contribution in [0.3, 0.4) is 0 Å². The van der Waals surface area contributed by atoms with Gasteiger partial charge in [0.2, 0.25) is 11.9 Å². The van der Waals surface area contributed by atoms with Crippen LogP contribution in [0, 0.1) is 11.3 Å². The molecule has 0 unspecified atom stereocenters. The predicted octanol–water partition coefficient (Wildman–Crippen LogP) is 1.81. The van der Waals surface area contributed by atoms with Crippen LogP contribution in [0.5, 0.6) is 0 Å². The minimum atomic E-state index is -0.343. The third kappa shape index (κ3) is 3.34. The summed E-state index contributed by atoms with van der Waals surface area (Å²) < 4.78 is 1.63. The van der Waals surface area contributed by atoms with Gasteiger partial charge in [0.25, 0.3) is 0 Å². The number of aliphatic hydroxyl groups is 1. The molecule has 1 saturated heterocycles. The summed E-state index contributed by atoms with van der Waals surface area (Å²) in [7, 11) is 0. The maximum atomic E-state index is 12.8. The van der Waals surface area contributed by atoms with E-state index >= 15 is 0 Å². The number of hydrogen-bond donors (Lipinski definition) is 2. The Bertz CT molecular complexity index is 759. The molecule has 1 amide bonds. The lowest BCUT2D eigenvalue weighted by atomic mass is 9.78. The van der Waals surface area contributed by atoms with E-state index in [1.54, 1.807) is 34.2 Å². The summed E-state index contributed by atoms with van der Waals surface area (Å²) in [5.41, 5.74) is 0.384. The Morgan fingerprint density at radius 1 is 1.44 bits per heavy atom. The summed E-state index contributed by atoms with van der Waals surface area (Å²) in [6.45, 7) is 7.31. The summed E-state index contributed by atoms with van der Waals surface area (Å²) in [5, 5.41) is 16.1. The van der Waals surface area contributed by atoms with Gasteiger partial charge in [-0.3, -0.25) is 14.4 Å². The van der Waals surface area contributed by atoms with Crippen LogP contribution in [0.15, 0.2) is 24.7 Å². The largest absolute Gasteiger partial charge is 0.394 e. The second kappa shape index (κ2) is 6.79.